The average Bonchev–Trinajstić information content (AvgIpc) is 3.53. The molecule has 0 spiro atoms. The first-order valence-corrected chi connectivity index (χ1v) is 9.92. The fraction of sp³-hybridized carbons (Fsp3) is 0.435. The topological polar surface area (TPSA) is 29.5 Å². The van der Waals surface area contributed by atoms with Crippen LogP contribution in [0, 0.1) is 17.7 Å². The summed E-state index contributed by atoms with van der Waals surface area (Å²) in [5.74, 6) is 1.64. The van der Waals surface area contributed by atoms with Crippen molar-refractivity contribution in [3.05, 3.63) is 65.5 Å². The molecule has 1 amide bonds. The molecule has 1 aliphatic heterocycles. The average molecular weight is 367 g/mol. The maximum absolute atomic E-state index is 13.2. The molecule has 27 heavy (non-hydrogen) atoms. The van der Waals surface area contributed by atoms with Gasteiger partial charge in [-0.1, -0.05) is 30.3 Å². The number of hydrogen-bond donors (Lipinski definition) is 0. The zero-order chi connectivity index (χ0) is 18.6. The summed E-state index contributed by atoms with van der Waals surface area (Å²) in [6, 6.07) is 14.7. The van der Waals surface area contributed by atoms with E-state index in [1.807, 2.05) is 0 Å². The number of carbonyl (C=O) groups is 1. The number of ether oxygens (including phenoxy) is 1. The van der Waals surface area contributed by atoms with Gasteiger partial charge in [-0.3, -0.25) is 4.79 Å². The van der Waals surface area contributed by atoms with Crippen molar-refractivity contribution in [2.24, 2.45) is 11.8 Å². The lowest BCUT2D eigenvalue weighted by molar-refractivity contribution is -0.133. The Labute approximate surface area is 160 Å². The van der Waals surface area contributed by atoms with E-state index in [1.54, 1.807) is 12.1 Å². The number of piperidine rings is 1. The predicted octanol–water partition coefficient (Wildman–Crippen LogP) is 4.60. The molecule has 2 aromatic rings. The quantitative estimate of drug-likeness (QED) is 0.747. The highest BCUT2D eigenvalue weighted by Gasteiger charge is 2.34. The monoisotopic (exact) mass is 367 g/mol. The van der Waals surface area contributed by atoms with E-state index in [4.69, 9.17) is 4.74 Å². The van der Waals surface area contributed by atoms with E-state index >= 15 is 0 Å². The Kier molecular flexibility index (Phi) is 5.42. The molecule has 0 atom stereocenters. The van der Waals surface area contributed by atoms with Crippen molar-refractivity contribution in [2.75, 3.05) is 13.1 Å². The number of hydrogen-bond acceptors (Lipinski definition) is 2. The molecule has 1 heterocycles. The summed E-state index contributed by atoms with van der Waals surface area (Å²) in [7, 11) is 0. The molecular weight excluding hydrogens is 341 g/mol. The van der Waals surface area contributed by atoms with Crippen molar-refractivity contribution in [3.8, 4) is 5.75 Å². The third-order valence-corrected chi connectivity index (χ3v) is 5.60. The van der Waals surface area contributed by atoms with Crippen LogP contribution in [0.1, 0.15) is 36.8 Å². The second-order valence-electron chi connectivity index (χ2n) is 7.81. The third-order valence-electron chi connectivity index (χ3n) is 5.60. The van der Waals surface area contributed by atoms with Gasteiger partial charge in [0.25, 0.3) is 0 Å². The molecule has 1 saturated carbocycles. The fourth-order valence-corrected chi connectivity index (χ4v) is 3.77. The van der Waals surface area contributed by atoms with Crippen LogP contribution in [0.3, 0.4) is 0 Å². The Balaban J connectivity index is 1.24. The van der Waals surface area contributed by atoms with Crippen LogP contribution >= 0.6 is 0 Å². The standard InChI is InChI=1S/C23H26FNO2/c24-21-2-1-3-22(15-21)27-16-19-6-4-17(5-7-19)14-18-10-12-25(13-11-18)23(26)20-8-9-20/h1-7,15,18,20H,8-14,16H2. The van der Waals surface area contributed by atoms with Gasteiger partial charge in [-0.2, -0.15) is 0 Å². The van der Waals surface area contributed by atoms with Gasteiger partial charge >= 0.3 is 0 Å². The Hall–Kier alpha value is -2.36. The van der Waals surface area contributed by atoms with Crippen molar-refractivity contribution in [1.82, 2.24) is 4.90 Å². The van der Waals surface area contributed by atoms with Gasteiger partial charge in [0.1, 0.15) is 18.2 Å². The van der Waals surface area contributed by atoms with Crippen LogP contribution in [0.5, 0.6) is 5.75 Å². The molecule has 4 rings (SSSR count). The van der Waals surface area contributed by atoms with Gasteiger partial charge in [0, 0.05) is 25.1 Å². The molecule has 3 nitrogen and oxygen atoms in total. The van der Waals surface area contributed by atoms with Crippen LogP contribution in [-0.2, 0) is 17.8 Å². The maximum Gasteiger partial charge on any atom is 0.225 e. The van der Waals surface area contributed by atoms with Crippen molar-refractivity contribution < 1.29 is 13.9 Å². The van der Waals surface area contributed by atoms with Crippen LogP contribution in [0.2, 0.25) is 0 Å². The van der Waals surface area contributed by atoms with E-state index in [9.17, 15) is 9.18 Å². The molecule has 2 fully saturated rings. The zero-order valence-corrected chi connectivity index (χ0v) is 15.6. The molecule has 2 aliphatic rings. The van der Waals surface area contributed by atoms with Gasteiger partial charge in [0.2, 0.25) is 5.91 Å². The van der Waals surface area contributed by atoms with Crippen LogP contribution in [0.4, 0.5) is 4.39 Å². The Morgan fingerprint density at radius 3 is 2.37 bits per heavy atom. The lowest BCUT2D eigenvalue weighted by Gasteiger charge is -2.32. The lowest BCUT2D eigenvalue weighted by Crippen LogP contribution is -2.39. The van der Waals surface area contributed by atoms with Crippen LogP contribution < -0.4 is 4.74 Å². The molecule has 0 bridgehead atoms. The molecule has 0 radical (unpaired) electrons. The number of carbonyl (C=O) groups excluding carboxylic acids is 1. The van der Waals surface area contributed by atoms with E-state index in [-0.39, 0.29) is 5.82 Å². The largest absolute Gasteiger partial charge is 0.489 e. The van der Waals surface area contributed by atoms with Gasteiger partial charge in [-0.05, 0) is 61.3 Å². The third kappa shape index (κ3) is 4.88. The summed E-state index contributed by atoms with van der Waals surface area (Å²) >= 11 is 0. The number of nitrogens with zero attached hydrogens (tertiary/aromatic N) is 1. The molecular formula is C23H26FNO2. The number of halogens is 1. The molecule has 142 valence electrons. The molecule has 1 saturated heterocycles. The predicted molar refractivity (Wildman–Crippen MR) is 103 cm³/mol. The molecule has 1 aliphatic carbocycles. The second kappa shape index (κ2) is 8.12. The molecule has 2 aromatic carbocycles. The van der Waals surface area contributed by atoms with Crippen LogP contribution in [0.15, 0.2) is 48.5 Å². The van der Waals surface area contributed by atoms with Crippen molar-refractivity contribution in [2.45, 2.75) is 38.7 Å². The van der Waals surface area contributed by atoms with Crippen molar-refractivity contribution in [1.29, 1.82) is 0 Å². The summed E-state index contributed by atoms with van der Waals surface area (Å²) in [6.07, 6.45) is 5.45. The minimum absolute atomic E-state index is 0.285. The van der Waals surface area contributed by atoms with Crippen molar-refractivity contribution >= 4 is 5.91 Å². The summed E-state index contributed by atoms with van der Waals surface area (Å²) in [5, 5.41) is 0. The minimum atomic E-state index is -0.285. The lowest BCUT2D eigenvalue weighted by atomic mass is 9.90. The highest BCUT2D eigenvalue weighted by Crippen LogP contribution is 2.33. The van der Waals surface area contributed by atoms with Gasteiger partial charge in [0.15, 0.2) is 0 Å². The van der Waals surface area contributed by atoms with E-state index in [2.05, 4.69) is 29.2 Å². The first kappa shape index (κ1) is 18.0. The Bertz CT molecular complexity index is 777. The first-order chi connectivity index (χ1) is 13.2. The smallest absolute Gasteiger partial charge is 0.225 e. The normalized spacial score (nSPS) is 17.7. The zero-order valence-electron chi connectivity index (χ0n) is 15.6. The Morgan fingerprint density at radius 2 is 1.70 bits per heavy atom. The maximum atomic E-state index is 13.2. The number of amides is 1. The van der Waals surface area contributed by atoms with Gasteiger partial charge in [-0.25, -0.2) is 4.39 Å². The van der Waals surface area contributed by atoms with E-state index in [1.165, 1.54) is 17.7 Å². The van der Waals surface area contributed by atoms with Gasteiger partial charge < -0.3 is 9.64 Å². The number of benzene rings is 2. The van der Waals surface area contributed by atoms with E-state index in [0.717, 1.165) is 50.8 Å². The SMILES string of the molecule is O=C(C1CC1)N1CCC(Cc2ccc(COc3cccc(F)c3)cc2)CC1. The second-order valence-corrected chi connectivity index (χ2v) is 7.81. The first-order valence-electron chi connectivity index (χ1n) is 9.92. The molecule has 0 aromatic heterocycles. The van der Waals surface area contributed by atoms with Crippen molar-refractivity contribution in [3.63, 3.8) is 0 Å². The molecule has 0 unspecified atom stereocenters. The summed E-state index contributed by atoms with van der Waals surface area (Å²) in [4.78, 5) is 14.2. The summed E-state index contributed by atoms with van der Waals surface area (Å²) in [5.41, 5.74) is 2.41. The number of rotatable bonds is 6. The number of likely N-dealkylation sites (tertiary alicyclic amines) is 1. The highest BCUT2D eigenvalue weighted by atomic mass is 19.1. The Morgan fingerprint density at radius 1 is 1.00 bits per heavy atom. The van der Waals surface area contributed by atoms with E-state index in [0.29, 0.717) is 30.1 Å². The van der Waals surface area contributed by atoms with E-state index < -0.39 is 0 Å². The molecule has 4 heteroatoms. The van der Waals surface area contributed by atoms with Crippen LogP contribution in [-0.4, -0.2) is 23.9 Å². The van der Waals surface area contributed by atoms with Gasteiger partial charge in [0.05, 0.1) is 0 Å². The minimum Gasteiger partial charge on any atom is -0.489 e. The van der Waals surface area contributed by atoms with Crippen LogP contribution in [0.25, 0.3) is 0 Å². The molecule has 0 N–H and O–H groups in total. The van der Waals surface area contributed by atoms with Gasteiger partial charge in [-0.15, -0.1) is 0 Å². The summed E-state index contributed by atoms with van der Waals surface area (Å²) in [6.45, 7) is 2.27. The summed E-state index contributed by atoms with van der Waals surface area (Å²) < 4.78 is 18.8. The highest BCUT2D eigenvalue weighted by molar-refractivity contribution is 5.81. The fourth-order valence-electron chi connectivity index (χ4n) is 3.77.